The Balaban J connectivity index is 1.79. The lowest BCUT2D eigenvalue weighted by Crippen LogP contribution is -2.11. The number of aromatic nitrogens is 2. The van der Waals surface area contributed by atoms with E-state index in [2.05, 4.69) is 15.3 Å². The third kappa shape index (κ3) is 5.04. The van der Waals surface area contributed by atoms with Crippen molar-refractivity contribution in [1.29, 1.82) is 0 Å². The number of aromatic amines is 1. The number of nitrogens with zero attached hydrogens (tertiary/aromatic N) is 1. The molecule has 6 heteroatoms. The first kappa shape index (κ1) is 18.4. The predicted octanol–water partition coefficient (Wildman–Crippen LogP) is 4.14. The van der Waals surface area contributed by atoms with Crippen molar-refractivity contribution in [1.82, 2.24) is 9.97 Å². The predicted molar refractivity (Wildman–Crippen MR) is 105 cm³/mol. The SMILES string of the molecule is CCCCOC(=O)c1cccc(Nc2nc(-c3ccccc3)cc(=O)[nH]2)c1. The second kappa shape index (κ2) is 8.80. The molecule has 0 aliphatic carbocycles. The van der Waals surface area contributed by atoms with Crippen LogP contribution in [0.1, 0.15) is 30.1 Å². The molecule has 2 aromatic carbocycles. The number of carbonyl (C=O) groups excluding carboxylic acids is 1. The summed E-state index contributed by atoms with van der Waals surface area (Å²) in [6.45, 7) is 2.44. The molecule has 0 unspecified atom stereocenters. The number of unbranched alkanes of at least 4 members (excludes halogenated alkanes) is 1. The fourth-order valence-corrected chi connectivity index (χ4v) is 2.53. The molecule has 2 N–H and O–H groups in total. The van der Waals surface area contributed by atoms with Gasteiger partial charge in [0, 0.05) is 17.3 Å². The van der Waals surface area contributed by atoms with Crippen LogP contribution in [0.3, 0.4) is 0 Å². The highest BCUT2D eigenvalue weighted by Gasteiger charge is 2.09. The maximum Gasteiger partial charge on any atom is 0.338 e. The molecular formula is C21H21N3O3. The molecule has 6 nitrogen and oxygen atoms in total. The maximum atomic E-state index is 12.1. The van der Waals surface area contributed by atoms with Crippen LogP contribution in [0.5, 0.6) is 0 Å². The van der Waals surface area contributed by atoms with Crippen molar-refractivity contribution in [3.05, 3.63) is 76.6 Å². The number of H-pyrrole nitrogens is 1. The largest absolute Gasteiger partial charge is 0.462 e. The van der Waals surface area contributed by atoms with Crippen LogP contribution in [0.4, 0.5) is 11.6 Å². The number of hydrogen-bond acceptors (Lipinski definition) is 5. The smallest absolute Gasteiger partial charge is 0.338 e. The van der Waals surface area contributed by atoms with Crippen molar-refractivity contribution < 1.29 is 9.53 Å². The van der Waals surface area contributed by atoms with Crippen molar-refractivity contribution >= 4 is 17.6 Å². The third-order valence-electron chi connectivity index (χ3n) is 3.90. The normalized spacial score (nSPS) is 10.4. The van der Waals surface area contributed by atoms with E-state index in [0.717, 1.165) is 18.4 Å². The number of nitrogens with one attached hydrogen (secondary N) is 2. The van der Waals surface area contributed by atoms with Crippen molar-refractivity contribution in [2.75, 3.05) is 11.9 Å². The zero-order chi connectivity index (χ0) is 19.1. The Hall–Kier alpha value is -3.41. The Labute approximate surface area is 157 Å². The van der Waals surface area contributed by atoms with E-state index >= 15 is 0 Å². The lowest BCUT2D eigenvalue weighted by molar-refractivity contribution is 0.0500. The van der Waals surface area contributed by atoms with Crippen molar-refractivity contribution in [2.45, 2.75) is 19.8 Å². The summed E-state index contributed by atoms with van der Waals surface area (Å²) < 4.78 is 5.23. The highest BCUT2D eigenvalue weighted by atomic mass is 16.5. The molecule has 0 amide bonds. The van der Waals surface area contributed by atoms with Crippen molar-refractivity contribution in [3.63, 3.8) is 0 Å². The van der Waals surface area contributed by atoms with E-state index in [1.807, 2.05) is 37.3 Å². The van der Waals surface area contributed by atoms with Gasteiger partial charge in [0.1, 0.15) is 0 Å². The molecule has 0 atom stereocenters. The van der Waals surface area contributed by atoms with Gasteiger partial charge >= 0.3 is 5.97 Å². The van der Waals surface area contributed by atoms with E-state index in [1.54, 1.807) is 24.3 Å². The maximum absolute atomic E-state index is 12.1. The van der Waals surface area contributed by atoms with Gasteiger partial charge in [-0.15, -0.1) is 0 Å². The number of esters is 1. The quantitative estimate of drug-likeness (QED) is 0.487. The van der Waals surface area contributed by atoms with Crippen LogP contribution in [-0.2, 0) is 4.74 Å². The number of benzene rings is 2. The third-order valence-corrected chi connectivity index (χ3v) is 3.90. The minimum absolute atomic E-state index is 0.263. The van der Waals surface area contributed by atoms with Crippen LogP contribution in [0.25, 0.3) is 11.3 Å². The topological polar surface area (TPSA) is 84.1 Å². The summed E-state index contributed by atoms with van der Waals surface area (Å²) in [6.07, 6.45) is 1.80. The Bertz CT molecular complexity index is 968. The van der Waals surface area contributed by atoms with Gasteiger partial charge in [-0.3, -0.25) is 9.78 Å². The summed E-state index contributed by atoms with van der Waals surface area (Å²) >= 11 is 0. The molecule has 1 aromatic heterocycles. The van der Waals surface area contributed by atoms with Gasteiger partial charge in [0.05, 0.1) is 17.9 Å². The van der Waals surface area contributed by atoms with E-state index in [4.69, 9.17) is 4.74 Å². The molecule has 0 aliphatic rings. The van der Waals surface area contributed by atoms with Crippen LogP contribution in [0, 0.1) is 0 Å². The standard InChI is InChI=1S/C21H21N3O3/c1-2-3-12-27-20(26)16-10-7-11-17(13-16)22-21-23-18(14-19(25)24-21)15-8-5-4-6-9-15/h4-11,13-14H,2-3,12H2,1H3,(H2,22,23,24,25). The summed E-state index contributed by atoms with van der Waals surface area (Å²) in [5.41, 5.74) is 2.23. The van der Waals surface area contributed by atoms with Gasteiger partial charge in [0.2, 0.25) is 5.95 Å². The monoisotopic (exact) mass is 363 g/mol. The first-order valence-electron chi connectivity index (χ1n) is 8.86. The summed E-state index contributed by atoms with van der Waals surface area (Å²) in [7, 11) is 0. The molecule has 0 saturated carbocycles. The van der Waals surface area contributed by atoms with Crippen LogP contribution in [0.2, 0.25) is 0 Å². The van der Waals surface area contributed by atoms with E-state index < -0.39 is 0 Å². The molecule has 0 radical (unpaired) electrons. The fraction of sp³-hybridized carbons (Fsp3) is 0.190. The van der Waals surface area contributed by atoms with E-state index in [-0.39, 0.29) is 11.5 Å². The Morgan fingerprint density at radius 1 is 1.11 bits per heavy atom. The van der Waals surface area contributed by atoms with Crippen LogP contribution in [0.15, 0.2) is 65.5 Å². The molecule has 0 aliphatic heterocycles. The Morgan fingerprint density at radius 2 is 1.93 bits per heavy atom. The zero-order valence-corrected chi connectivity index (χ0v) is 15.1. The van der Waals surface area contributed by atoms with Gasteiger partial charge in [-0.1, -0.05) is 49.7 Å². The second-order valence-electron chi connectivity index (χ2n) is 6.04. The first-order valence-corrected chi connectivity index (χ1v) is 8.86. The summed E-state index contributed by atoms with van der Waals surface area (Å²) in [4.78, 5) is 31.2. The van der Waals surface area contributed by atoms with Crippen LogP contribution < -0.4 is 10.9 Å². The molecule has 0 bridgehead atoms. The van der Waals surface area contributed by atoms with Crippen molar-refractivity contribution in [3.8, 4) is 11.3 Å². The van der Waals surface area contributed by atoms with Gasteiger partial charge in [-0.25, -0.2) is 9.78 Å². The average molecular weight is 363 g/mol. The number of hydrogen-bond donors (Lipinski definition) is 2. The second-order valence-corrected chi connectivity index (χ2v) is 6.04. The van der Waals surface area contributed by atoms with Gasteiger partial charge in [-0.05, 0) is 24.6 Å². The molecule has 0 fully saturated rings. The average Bonchev–Trinajstić information content (AvgIpc) is 2.68. The molecule has 27 heavy (non-hydrogen) atoms. The number of rotatable bonds is 7. The molecule has 3 rings (SSSR count). The van der Waals surface area contributed by atoms with E-state index in [0.29, 0.717) is 29.5 Å². The van der Waals surface area contributed by atoms with Gasteiger partial charge in [-0.2, -0.15) is 0 Å². The molecule has 1 heterocycles. The summed E-state index contributed by atoms with van der Waals surface area (Å²) in [6, 6.07) is 17.8. The Morgan fingerprint density at radius 3 is 2.70 bits per heavy atom. The number of anilines is 2. The molecule has 3 aromatic rings. The fourth-order valence-electron chi connectivity index (χ4n) is 2.53. The minimum Gasteiger partial charge on any atom is -0.462 e. The molecular weight excluding hydrogens is 342 g/mol. The number of carbonyl (C=O) groups is 1. The molecule has 0 spiro atoms. The highest BCUT2D eigenvalue weighted by molar-refractivity contribution is 5.90. The summed E-state index contributed by atoms with van der Waals surface area (Å²) in [5.74, 6) is -0.0653. The van der Waals surface area contributed by atoms with E-state index in [1.165, 1.54) is 6.07 Å². The van der Waals surface area contributed by atoms with Crippen LogP contribution >= 0.6 is 0 Å². The van der Waals surface area contributed by atoms with Crippen molar-refractivity contribution in [2.24, 2.45) is 0 Å². The van der Waals surface area contributed by atoms with Crippen LogP contribution in [-0.4, -0.2) is 22.5 Å². The highest BCUT2D eigenvalue weighted by Crippen LogP contribution is 2.19. The van der Waals surface area contributed by atoms with Gasteiger partial charge < -0.3 is 10.1 Å². The minimum atomic E-state index is -0.369. The lowest BCUT2D eigenvalue weighted by Gasteiger charge is -2.09. The Kier molecular flexibility index (Phi) is 5.99. The lowest BCUT2D eigenvalue weighted by atomic mass is 10.1. The van der Waals surface area contributed by atoms with Gasteiger partial charge in [0.25, 0.3) is 5.56 Å². The van der Waals surface area contributed by atoms with Gasteiger partial charge in [0.15, 0.2) is 0 Å². The molecule has 0 saturated heterocycles. The van der Waals surface area contributed by atoms with E-state index in [9.17, 15) is 9.59 Å². The molecule has 138 valence electrons. The zero-order valence-electron chi connectivity index (χ0n) is 15.1. The summed E-state index contributed by atoms with van der Waals surface area (Å²) in [5, 5.41) is 3.04. The first-order chi connectivity index (χ1) is 13.2. The number of ether oxygens (including phenoxy) is 1.